The number of amides is 1. The van der Waals surface area contributed by atoms with E-state index in [0.717, 1.165) is 6.42 Å². The lowest BCUT2D eigenvalue weighted by Gasteiger charge is -2.20. The number of nitrogens with one attached hydrogen (secondary N) is 1. The molecule has 0 saturated heterocycles. The lowest BCUT2D eigenvalue weighted by atomic mass is 10.2. The molecule has 1 heterocycles. The van der Waals surface area contributed by atoms with Crippen LogP contribution in [0.5, 0.6) is 11.5 Å². The number of fused-ring (bicyclic) bond motifs is 1. The van der Waals surface area contributed by atoms with Crippen LogP contribution in [0.2, 0.25) is 0 Å². The predicted molar refractivity (Wildman–Crippen MR) is 67.7 cm³/mol. The number of carbonyl (C=O) groups is 1. The van der Waals surface area contributed by atoms with E-state index >= 15 is 0 Å². The van der Waals surface area contributed by atoms with Crippen LogP contribution in [0.1, 0.15) is 13.3 Å². The SMILES string of the molecule is CC1CC1C(=O)Nc1cc2c(cc1N)OCCO2. The molecule has 1 aliphatic carbocycles. The molecule has 3 rings (SSSR count). The highest BCUT2D eigenvalue weighted by molar-refractivity contribution is 5.97. The molecule has 2 atom stereocenters. The molecule has 18 heavy (non-hydrogen) atoms. The summed E-state index contributed by atoms with van der Waals surface area (Å²) >= 11 is 0. The van der Waals surface area contributed by atoms with E-state index in [-0.39, 0.29) is 11.8 Å². The van der Waals surface area contributed by atoms with Crippen molar-refractivity contribution in [2.75, 3.05) is 24.3 Å². The molecule has 0 aromatic heterocycles. The van der Waals surface area contributed by atoms with Gasteiger partial charge in [0.2, 0.25) is 5.91 Å². The van der Waals surface area contributed by atoms with Crippen LogP contribution in [0.25, 0.3) is 0 Å². The average molecular weight is 248 g/mol. The molecule has 2 unspecified atom stereocenters. The summed E-state index contributed by atoms with van der Waals surface area (Å²) < 4.78 is 10.9. The van der Waals surface area contributed by atoms with E-state index in [2.05, 4.69) is 12.2 Å². The number of rotatable bonds is 2. The first-order valence-electron chi connectivity index (χ1n) is 6.15. The van der Waals surface area contributed by atoms with Gasteiger partial charge >= 0.3 is 0 Å². The number of benzene rings is 1. The van der Waals surface area contributed by atoms with Gasteiger partial charge in [-0.1, -0.05) is 6.92 Å². The number of hydrogen-bond donors (Lipinski definition) is 2. The fourth-order valence-electron chi connectivity index (χ4n) is 2.13. The Kier molecular flexibility index (Phi) is 2.54. The van der Waals surface area contributed by atoms with Crippen molar-refractivity contribution in [1.82, 2.24) is 0 Å². The van der Waals surface area contributed by atoms with E-state index in [9.17, 15) is 4.79 Å². The Hall–Kier alpha value is -1.91. The first kappa shape index (κ1) is 11.2. The second-order valence-electron chi connectivity index (χ2n) is 4.89. The summed E-state index contributed by atoms with van der Waals surface area (Å²) in [7, 11) is 0. The molecule has 1 aromatic carbocycles. The standard InChI is InChI=1S/C13H16N2O3/c1-7-4-8(7)13(16)15-10-6-12-11(5-9(10)14)17-2-3-18-12/h5-8H,2-4,14H2,1H3,(H,15,16). The van der Waals surface area contributed by atoms with Gasteiger partial charge in [0.25, 0.3) is 0 Å². The minimum absolute atomic E-state index is 0.0332. The van der Waals surface area contributed by atoms with Crippen molar-refractivity contribution in [2.45, 2.75) is 13.3 Å². The van der Waals surface area contributed by atoms with Crippen LogP contribution in [0.3, 0.4) is 0 Å². The summed E-state index contributed by atoms with van der Waals surface area (Å²) in [6, 6.07) is 3.43. The van der Waals surface area contributed by atoms with E-state index in [1.54, 1.807) is 12.1 Å². The number of anilines is 2. The molecule has 5 heteroatoms. The molecule has 1 fully saturated rings. The first-order chi connectivity index (χ1) is 8.65. The van der Waals surface area contributed by atoms with Crippen LogP contribution in [0.4, 0.5) is 11.4 Å². The van der Waals surface area contributed by atoms with Gasteiger partial charge in [-0.25, -0.2) is 0 Å². The minimum atomic E-state index is 0.0332. The van der Waals surface area contributed by atoms with Crippen molar-refractivity contribution in [3.63, 3.8) is 0 Å². The predicted octanol–water partition coefficient (Wildman–Crippen LogP) is 1.63. The second-order valence-corrected chi connectivity index (χ2v) is 4.89. The van der Waals surface area contributed by atoms with Crippen LogP contribution in [-0.4, -0.2) is 19.1 Å². The molecule has 1 aliphatic heterocycles. The Morgan fingerprint density at radius 3 is 2.56 bits per heavy atom. The van der Waals surface area contributed by atoms with Gasteiger partial charge in [0, 0.05) is 18.1 Å². The third kappa shape index (κ3) is 1.96. The number of nitrogen functional groups attached to an aromatic ring is 1. The van der Waals surface area contributed by atoms with Crippen LogP contribution in [0, 0.1) is 11.8 Å². The molecule has 1 amide bonds. The fourth-order valence-corrected chi connectivity index (χ4v) is 2.13. The molecule has 1 aromatic rings. The molecule has 2 aliphatic rings. The zero-order valence-corrected chi connectivity index (χ0v) is 10.2. The highest BCUT2D eigenvalue weighted by Gasteiger charge is 2.39. The summed E-state index contributed by atoms with van der Waals surface area (Å²) in [6.07, 6.45) is 0.955. The molecule has 0 spiro atoms. The summed E-state index contributed by atoms with van der Waals surface area (Å²) in [4.78, 5) is 11.9. The number of hydrogen-bond acceptors (Lipinski definition) is 4. The van der Waals surface area contributed by atoms with E-state index in [0.29, 0.717) is 42.0 Å². The lowest BCUT2D eigenvalue weighted by Crippen LogP contribution is -2.18. The normalized spacial score (nSPS) is 24.5. The molecule has 5 nitrogen and oxygen atoms in total. The van der Waals surface area contributed by atoms with Gasteiger partial charge in [-0.05, 0) is 12.3 Å². The van der Waals surface area contributed by atoms with Crippen LogP contribution < -0.4 is 20.5 Å². The summed E-state index contributed by atoms with van der Waals surface area (Å²) in [5.41, 5.74) is 7.00. The van der Waals surface area contributed by atoms with Gasteiger partial charge in [-0.2, -0.15) is 0 Å². The van der Waals surface area contributed by atoms with Gasteiger partial charge < -0.3 is 20.5 Å². The van der Waals surface area contributed by atoms with Crippen LogP contribution in [-0.2, 0) is 4.79 Å². The van der Waals surface area contributed by atoms with Crippen molar-refractivity contribution in [3.05, 3.63) is 12.1 Å². The lowest BCUT2D eigenvalue weighted by molar-refractivity contribution is -0.117. The monoisotopic (exact) mass is 248 g/mol. The van der Waals surface area contributed by atoms with E-state index in [1.165, 1.54) is 0 Å². The second kappa shape index (κ2) is 4.08. The largest absolute Gasteiger partial charge is 0.486 e. The Bertz CT molecular complexity index is 501. The van der Waals surface area contributed by atoms with Crippen molar-refractivity contribution in [1.29, 1.82) is 0 Å². The van der Waals surface area contributed by atoms with Crippen molar-refractivity contribution >= 4 is 17.3 Å². The fraction of sp³-hybridized carbons (Fsp3) is 0.462. The molecule has 0 radical (unpaired) electrons. The highest BCUT2D eigenvalue weighted by Crippen LogP contribution is 2.40. The summed E-state index contributed by atoms with van der Waals surface area (Å²) in [5, 5.41) is 2.85. The maximum Gasteiger partial charge on any atom is 0.227 e. The van der Waals surface area contributed by atoms with Gasteiger partial charge in [0.1, 0.15) is 13.2 Å². The van der Waals surface area contributed by atoms with Crippen LogP contribution >= 0.6 is 0 Å². The smallest absolute Gasteiger partial charge is 0.227 e. The third-order valence-electron chi connectivity index (χ3n) is 3.42. The topological polar surface area (TPSA) is 73.6 Å². The zero-order chi connectivity index (χ0) is 12.7. The Morgan fingerprint density at radius 2 is 1.94 bits per heavy atom. The van der Waals surface area contributed by atoms with Crippen molar-refractivity contribution < 1.29 is 14.3 Å². The van der Waals surface area contributed by atoms with Gasteiger partial charge in [0.15, 0.2) is 11.5 Å². The summed E-state index contributed by atoms with van der Waals surface area (Å²) in [6.45, 7) is 3.11. The van der Waals surface area contributed by atoms with Crippen molar-refractivity contribution in [2.24, 2.45) is 11.8 Å². The maximum atomic E-state index is 11.9. The molecule has 3 N–H and O–H groups in total. The number of carbonyl (C=O) groups excluding carboxylic acids is 1. The molecular weight excluding hydrogens is 232 g/mol. The van der Waals surface area contributed by atoms with E-state index in [1.807, 2.05) is 0 Å². The summed E-state index contributed by atoms with van der Waals surface area (Å²) in [5.74, 6) is 1.90. The highest BCUT2D eigenvalue weighted by atomic mass is 16.6. The Balaban J connectivity index is 1.81. The zero-order valence-electron chi connectivity index (χ0n) is 10.2. The van der Waals surface area contributed by atoms with E-state index in [4.69, 9.17) is 15.2 Å². The van der Waals surface area contributed by atoms with Crippen LogP contribution in [0.15, 0.2) is 12.1 Å². The Labute approximate surface area is 105 Å². The average Bonchev–Trinajstić information content (AvgIpc) is 3.07. The third-order valence-corrected chi connectivity index (χ3v) is 3.42. The van der Waals surface area contributed by atoms with Gasteiger partial charge in [-0.3, -0.25) is 4.79 Å². The number of ether oxygens (including phenoxy) is 2. The molecule has 0 bridgehead atoms. The Morgan fingerprint density at radius 1 is 1.33 bits per heavy atom. The molecular formula is C13H16N2O3. The molecule has 1 saturated carbocycles. The quantitative estimate of drug-likeness (QED) is 0.780. The molecule has 96 valence electrons. The number of nitrogens with two attached hydrogens (primary N) is 1. The van der Waals surface area contributed by atoms with Gasteiger partial charge in [0.05, 0.1) is 11.4 Å². The van der Waals surface area contributed by atoms with E-state index < -0.39 is 0 Å². The first-order valence-corrected chi connectivity index (χ1v) is 6.15. The minimum Gasteiger partial charge on any atom is -0.486 e. The van der Waals surface area contributed by atoms with Gasteiger partial charge in [-0.15, -0.1) is 0 Å². The maximum absolute atomic E-state index is 11.9. The van der Waals surface area contributed by atoms with Crippen molar-refractivity contribution in [3.8, 4) is 11.5 Å².